The van der Waals surface area contributed by atoms with Crippen LogP contribution in [0.4, 0.5) is 5.69 Å². The standard InChI is InChI=1S/C17H18N6O3/c1-4-5-7-17(20-21-17)8-6-13(24)19-11-9-12-14(18-10-11)22(2)16(26)23(3)15(12)25/h1,9-10H,5-8H2,2-3H3,(H,19,24). The molecular weight excluding hydrogens is 336 g/mol. The summed E-state index contributed by atoms with van der Waals surface area (Å²) in [6.07, 6.45) is 8.56. The van der Waals surface area contributed by atoms with Gasteiger partial charge in [0.15, 0.2) is 5.66 Å². The summed E-state index contributed by atoms with van der Waals surface area (Å²) in [5.41, 5.74) is -0.781. The first kappa shape index (κ1) is 17.5. The van der Waals surface area contributed by atoms with Gasteiger partial charge in [0, 0.05) is 39.8 Å². The van der Waals surface area contributed by atoms with Crippen molar-refractivity contribution in [3.05, 3.63) is 33.1 Å². The fourth-order valence-electron chi connectivity index (χ4n) is 2.74. The molecule has 0 saturated carbocycles. The number of carbonyl (C=O) groups is 1. The molecule has 2 aromatic heterocycles. The zero-order valence-electron chi connectivity index (χ0n) is 14.5. The van der Waals surface area contributed by atoms with Crippen LogP contribution in [0.25, 0.3) is 11.0 Å². The van der Waals surface area contributed by atoms with Gasteiger partial charge in [-0.1, -0.05) is 0 Å². The summed E-state index contributed by atoms with van der Waals surface area (Å²) in [6.45, 7) is 0. The summed E-state index contributed by atoms with van der Waals surface area (Å²) in [6, 6.07) is 1.52. The summed E-state index contributed by atoms with van der Waals surface area (Å²) >= 11 is 0. The maximum absolute atomic E-state index is 12.3. The Morgan fingerprint density at radius 3 is 2.65 bits per heavy atom. The predicted molar refractivity (Wildman–Crippen MR) is 95.7 cm³/mol. The number of aromatic nitrogens is 3. The zero-order valence-corrected chi connectivity index (χ0v) is 14.5. The molecule has 0 aliphatic carbocycles. The molecule has 0 radical (unpaired) electrons. The van der Waals surface area contributed by atoms with Gasteiger partial charge >= 0.3 is 5.69 Å². The van der Waals surface area contributed by atoms with Crippen molar-refractivity contribution in [2.75, 3.05) is 5.32 Å². The number of aryl methyl sites for hydroxylation is 1. The van der Waals surface area contributed by atoms with Crippen LogP contribution in [0.1, 0.15) is 25.7 Å². The van der Waals surface area contributed by atoms with Crippen LogP contribution in [0.5, 0.6) is 0 Å². The fraction of sp³-hybridized carbons (Fsp3) is 0.412. The number of amides is 1. The SMILES string of the molecule is C#CCCC1(CCC(=O)Nc2cnc3c(c2)c(=O)n(C)c(=O)n3C)N=N1. The molecule has 1 amide bonds. The highest BCUT2D eigenvalue weighted by Gasteiger charge is 2.39. The average molecular weight is 354 g/mol. The molecule has 0 atom stereocenters. The third-order valence-corrected chi connectivity index (χ3v) is 4.38. The molecule has 1 N–H and O–H groups in total. The van der Waals surface area contributed by atoms with Crippen molar-refractivity contribution in [3.8, 4) is 12.3 Å². The lowest BCUT2D eigenvalue weighted by Crippen LogP contribution is -2.37. The van der Waals surface area contributed by atoms with Crippen LogP contribution in [-0.4, -0.2) is 25.7 Å². The second-order valence-electron chi connectivity index (χ2n) is 6.24. The van der Waals surface area contributed by atoms with Gasteiger partial charge in [0.1, 0.15) is 5.65 Å². The molecule has 0 saturated heterocycles. The van der Waals surface area contributed by atoms with Crippen LogP contribution in [-0.2, 0) is 18.9 Å². The van der Waals surface area contributed by atoms with Crippen LogP contribution in [0, 0.1) is 12.3 Å². The van der Waals surface area contributed by atoms with E-state index in [4.69, 9.17) is 6.42 Å². The van der Waals surface area contributed by atoms with E-state index in [9.17, 15) is 14.4 Å². The van der Waals surface area contributed by atoms with Crippen molar-refractivity contribution < 1.29 is 4.79 Å². The molecule has 0 unspecified atom stereocenters. The summed E-state index contributed by atoms with van der Waals surface area (Å²) in [7, 11) is 2.93. The minimum Gasteiger partial charge on any atom is -0.325 e. The number of rotatable bonds is 6. The third kappa shape index (κ3) is 3.26. The van der Waals surface area contributed by atoms with Crippen molar-refractivity contribution in [2.24, 2.45) is 24.3 Å². The van der Waals surface area contributed by atoms with Crippen molar-refractivity contribution in [3.63, 3.8) is 0 Å². The van der Waals surface area contributed by atoms with Gasteiger partial charge in [-0.25, -0.2) is 9.78 Å². The number of hydrogen-bond acceptors (Lipinski definition) is 6. The Morgan fingerprint density at radius 2 is 2.00 bits per heavy atom. The average Bonchev–Trinajstić information content (AvgIpc) is 3.41. The molecule has 26 heavy (non-hydrogen) atoms. The molecule has 0 bridgehead atoms. The Labute approximate surface area is 148 Å². The molecule has 9 heteroatoms. The number of nitrogens with zero attached hydrogens (tertiary/aromatic N) is 5. The monoisotopic (exact) mass is 354 g/mol. The van der Waals surface area contributed by atoms with Crippen molar-refractivity contribution >= 4 is 22.6 Å². The van der Waals surface area contributed by atoms with Crippen LogP contribution in [0.3, 0.4) is 0 Å². The topological polar surface area (TPSA) is 111 Å². The number of hydrogen-bond donors (Lipinski definition) is 1. The Morgan fingerprint density at radius 1 is 1.27 bits per heavy atom. The Bertz CT molecular complexity index is 1070. The Hall–Kier alpha value is -3.28. The smallest absolute Gasteiger partial charge is 0.325 e. The zero-order chi connectivity index (χ0) is 18.9. The molecule has 1 aliphatic rings. The Balaban J connectivity index is 1.73. The second-order valence-corrected chi connectivity index (χ2v) is 6.24. The first-order chi connectivity index (χ1) is 12.4. The van der Waals surface area contributed by atoms with Gasteiger partial charge < -0.3 is 5.32 Å². The van der Waals surface area contributed by atoms with Crippen LogP contribution in [0.15, 0.2) is 32.1 Å². The van der Waals surface area contributed by atoms with Gasteiger partial charge in [-0.05, 0) is 6.07 Å². The highest BCUT2D eigenvalue weighted by atomic mass is 16.2. The number of pyridine rings is 1. The van der Waals surface area contributed by atoms with Gasteiger partial charge in [0.2, 0.25) is 5.91 Å². The van der Waals surface area contributed by atoms with Crippen molar-refractivity contribution in [1.82, 2.24) is 14.1 Å². The first-order valence-electron chi connectivity index (χ1n) is 8.10. The summed E-state index contributed by atoms with van der Waals surface area (Å²) in [5, 5.41) is 10.9. The lowest BCUT2D eigenvalue weighted by Gasteiger charge is -2.10. The summed E-state index contributed by atoms with van der Waals surface area (Å²) in [5.74, 6) is 2.31. The van der Waals surface area contributed by atoms with E-state index in [1.54, 1.807) is 0 Å². The third-order valence-electron chi connectivity index (χ3n) is 4.38. The highest BCUT2D eigenvalue weighted by molar-refractivity contribution is 5.92. The summed E-state index contributed by atoms with van der Waals surface area (Å²) in [4.78, 5) is 40.5. The molecular formula is C17H18N6O3. The summed E-state index contributed by atoms with van der Waals surface area (Å²) < 4.78 is 2.29. The van der Waals surface area contributed by atoms with Gasteiger partial charge in [-0.15, -0.1) is 12.3 Å². The normalized spacial score (nSPS) is 14.2. The van der Waals surface area contributed by atoms with Crippen LogP contribution >= 0.6 is 0 Å². The minimum absolute atomic E-state index is 0.223. The van der Waals surface area contributed by atoms with E-state index in [1.807, 2.05) is 0 Å². The second kappa shape index (κ2) is 6.55. The van der Waals surface area contributed by atoms with Crippen LogP contribution < -0.4 is 16.6 Å². The highest BCUT2D eigenvalue weighted by Crippen LogP contribution is 2.37. The van der Waals surface area contributed by atoms with Gasteiger partial charge in [-0.3, -0.25) is 18.7 Å². The van der Waals surface area contributed by atoms with Crippen molar-refractivity contribution in [1.29, 1.82) is 0 Å². The number of nitrogens with one attached hydrogen (secondary N) is 1. The molecule has 9 nitrogen and oxygen atoms in total. The lowest BCUT2D eigenvalue weighted by molar-refractivity contribution is -0.116. The maximum atomic E-state index is 12.3. The molecule has 0 spiro atoms. The van der Waals surface area contributed by atoms with E-state index < -0.39 is 16.9 Å². The quantitative estimate of drug-likeness (QED) is 0.778. The van der Waals surface area contributed by atoms with E-state index in [0.29, 0.717) is 24.9 Å². The fourth-order valence-corrected chi connectivity index (χ4v) is 2.74. The van der Waals surface area contributed by atoms with E-state index in [0.717, 1.165) is 4.57 Å². The number of terminal acetylenes is 1. The maximum Gasteiger partial charge on any atom is 0.332 e. The van der Waals surface area contributed by atoms with E-state index in [-0.39, 0.29) is 23.4 Å². The van der Waals surface area contributed by atoms with Crippen molar-refractivity contribution in [2.45, 2.75) is 31.3 Å². The van der Waals surface area contributed by atoms with E-state index >= 15 is 0 Å². The molecule has 0 aromatic carbocycles. The van der Waals surface area contributed by atoms with Gasteiger partial charge in [-0.2, -0.15) is 10.2 Å². The van der Waals surface area contributed by atoms with Gasteiger partial charge in [0.05, 0.1) is 17.3 Å². The van der Waals surface area contributed by atoms with Crippen LogP contribution in [0.2, 0.25) is 0 Å². The minimum atomic E-state index is -0.514. The number of anilines is 1. The lowest BCUT2D eigenvalue weighted by atomic mass is 10.0. The predicted octanol–water partition coefficient (Wildman–Crippen LogP) is 0.926. The van der Waals surface area contributed by atoms with Gasteiger partial charge in [0.25, 0.3) is 5.56 Å². The molecule has 0 fully saturated rings. The molecule has 2 aromatic rings. The first-order valence-corrected chi connectivity index (χ1v) is 8.10. The largest absolute Gasteiger partial charge is 0.332 e. The van der Waals surface area contributed by atoms with E-state index in [1.165, 1.54) is 30.9 Å². The Kier molecular flexibility index (Phi) is 4.42. The number of carbonyl (C=O) groups excluding carboxylic acids is 1. The number of fused-ring (bicyclic) bond motifs is 1. The molecule has 3 rings (SSSR count). The molecule has 1 aliphatic heterocycles. The molecule has 134 valence electrons. The molecule has 3 heterocycles. The van der Waals surface area contributed by atoms with E-state index in [2.05, 4.69) is 26.4 Å².